The molecule has 1 aromatic heterocycles. The predicted molar refractivity (Wildman–Crippen MR) is 73.0 cm³/mol. The number of anilines is 2. The first-order chi connectivity index (χ1) is 8.72. The maximum Gasteiger partial charge on any atom is 0.276 e. The first-order valence-corrected chi connectivity index (χ1v) is 5.69. The van der Waals surface area contributed by atoms with E-state index in [4.69, 9.17) is 0 Å². The summed E-state index contributed by atoms with van der Waals surface area (Å²) < 4.78 is 0. The van der Waals surface area contributed by atoms with E-state index in [2.05, 4.69) is 10.3 Å². The largest absolute Gasteiger partial charge is 0.387 e. The van der Waals surface area contributed by atoms with Crippen LogP contribution >= 0.6 is 0 Å². The lowest BCUT2D eigenvalue weighted by Crippen LogP contribution is -2.26. The van der Waals surface area contributed by atoms with Gasteiger partial charge in [0.05, 0.1) is 11.9 Å². The minimum atomic E-state index is -0.121. The van der Waals surface area contributed by atoms with E-state index >= 15 is 0 Å². The molecule has 2 rings (SSSR count). The Hall–Kier alpha value is -2.36. The zero-order valence-electron chi connectivity index (χ0n) is 10.4. The van der Waals surface area contributed by atoms with Gasteiger partial charge in [-0.2, -0.15) is 0 Å². The Morgan fingerprint density at radius 2 is 1.89 bits per heavy atom. The first-order valence-electron chi connectivity index (χ1n) is 5.69. The molecule has 0 aliphatic rings. The molecule has 18 heavy (non-hydrogen) atoms. The lowest BCUT2D eigenvalue weighted by molar-refractivity contribution is 0.0988. The van der Waals surface area contributed by atoms with Crippen molar-refractivity contribution in [2.24, 2.45) is 0 Å². The molecule has 0 saturated carbocycles. The SMILES string of the molecule is CNc1ccc(C(=O)N(C)c2ccccc2)nc1. The number of aromatic nitrogens is 1. The van der Waals surface area contributed by atoms with E-state index in [-0.39, 0.29) is 5.91 Å². The third-order valence-corrected chi connectivity index (χ3v) is 2.72. The van der Waals surface area contributed by atoms with Gasteiger partial charge in [0.25, 0.3) is 5.91 Å². The van der Waals surface area contributed by atoms with Crippen LogP contribution in [0.4, 0.5) is 11.4 Å². The third-order valence-electron chi connectivity index (χ3n) is 2.72. The molecule has 1 amide bonds. The Balaban J connectivity index is 2.20. The summed E-state index contributed by atoms with van der Waals surface area (Å²) in [5.74, 6) is -0.121. The maximum absolute atomic E-state index is 12.2. The summed E-state index contributed by atoms with van der Waals surface area (Å²) in [5.41, 5.74) is 2.16. The lowest BCUT2D eigenvalue weighted by atomic mass is 10.2. The second kappa shape index (κ2) is 5.31. The number of nitrogens with zero attached hydrogens (tertiary/aromatic N) is 2. The average molecular weight is 241 g/mol. The van der Waals surface area contributed by atoms with Gasteiger partial charge in [-0.25, -0.2) is 4.98 Å². The predicted octanol–water partition coefficient (Wildman–Crippen LogP) is 2.40. The Bertz CT molecular complexity index is 522. The summed E-state index contributed by atoms with van der Waals surface area (Å²) >= 11 is 0. The van der Waals surface area contributed by atoms with Crippen LogP contribution < -0.4 is 10.2 Å². The second-order valence-electron chi connectivity index (χ2n) is 3.88. The van der Waals surface area contributed by atoms with E-state index in [1.807, 2.05) is 43.4 Å². The molecule has 0 aliphatic carbocycles. The van der Waals surface area contributed by atoms with Gasteiger partial charge < -0.3 is 10.2 Å². The molecule has 0 spiro atoms. The number of carbonyl (C=O) groups excluding carboxylic acids is 1. The highest BCUT2D eigenvalue weighted by Gasteiger charge is 2.14. The van der Waals surface area contributed by atoms with Crippen LogP contribution in [-0.2, 0) is 0 Å². The molecule has 4 nitrogen and oxygen atoms in total. The van der Waals surface area contributed by atoms with Crippen LogP contribution in [0.25, 0.3) is 0 Å². The average Bonchev–Trinajstić information content (AvgIpc) is 2.47. The van der Waals surface area contributed by atoms with Gasteiger partial charge >= 0.3 is 0 Å². The van der Waals surface area contributed by atoms with Crippen LogP contribution in [0, 0.1) is 0 Å². The number of pyridine rings is 1. The number of carbonyl (C=O) groups is 1. The minimum absolute atomic E-state index is 0.121. The van der Waals surface area contributed by atoms with Crippen molar-refractivity contribution in [1.82, 2.24) is 4.98 Å². The van der Waals surface area contributed by atoms with Crippen molar-refractivity contribution in [2.45, 2.75) is 0 Å². The highest BCUT2D eigenvalue weighted by Crippen LogP contribution is 2.14. The number of para-hydroxylation sites is 1. The fraction of sp³-hybridized carbons (Fsp3) is 0.143. The quantitative estimate of drug-likeness (QED) is 0.897. The van der Waals surface area contributed by atoms with Crippen LogP contribution in [0.5, 0.6) is 0 Å². The minimum Gasteiger partial charge on any atom is -0.387 e. The molecule has 4 heteroatoms. The van der Waals surface area contributed by atoms with Crippen LogP contribution in [0.1, 0.15) is 10.5 Å². The molecule has 2 aromatic rings. The molecular weight excluding hydrogens is 226 g/mol. The molecule has 0 radical (unpaired) electrons. The zero-order chi connectivity index (χ0) is 13.0. The number of hydrogen-bond donors (Lipinski definition) is 1. The molecule has 0 fully saturated rings. The molecule has 0 aliphatic heterocycles. The summed E-state index contributed by atoms with van der Waals surface area (Å²) in [6.07, 6.45) is 1.64. The number of benzene rings is 1. The molecule has 1 heterocycles. The van der Waals surface area contributed by atoms with Crippen molar-refractivity contribution in [1.29, 1.82) is 0 Å². The summed E-state index contributed by atoms with van der Waals surface area (Å²) in [7, 11) is 3.56. The smallest absolute Gasteiger partial charge is 0.276 e. The van der Waals surface area contributed by atoms with E-state index < -0.39 is 0 Å². The van der Waals surface area contributed by atoms with Crippen molar-refractivity contribution in [3.63, 3.8) is 0 Å². The van der Waals surface area contributed by atoms with Crippen molar-refractivity contribution < 1.29 is 4.79 Å². The van der Waals surface area contributed by atoms with Crippen molar-refractivity contribution in [2.75, 3.05) is 24.3 Å². The van der Waals surface area contributed by atoms with Crippen LogP contribution in [-0.4, -0.2) is 25.0 Å². The van der Waals surface area contributed by atoms with Gasteiger partial charge in [-0.3, -0.25) is 4.79 Å². The summed E-state index contributed by atoms with van der Waals surface area (Å²) in [6, 6.07) is 13.0. The Labute approximate surface area is 106 Å². The maximum atomic E-state index is 12.2. The molecule has 1 N–H and O–H groups in total. The van der Waals surface area contributed by atoms with Gasteiger partial charge in [0, 0.05) is 19.8 Å². The fourth-order valence-corrected chi connectivity index (χ4v) is 1.61. The fourth-order valence-electron chi connectivity index (χ4n) is 1.61. The second-order valence-corrected chi connectivity index (χ2v) is 3.88. The van der Waals surface area contributed by atoms with E-state index in [1.54, 1.807) is 24.2 Å². The molecule has 0 saturated heterocycles. The number of nitrogens with one attached hydrogen (secondary N) is 1. The van der Waals surface area contributed by atoms with Gasteiger partial charge in [0.2, 0.25) is 0 Å². The number of amides is 1. The monoisotopic (exact) mass is 241 g/mol. The number of hydrogen-bond acceptors (Lipinski definition) is 3. The van der Waals surface area contributed by atoms with Crippen molar-refractivity contribution >= 4 is 17.3 Å². The van der Waals surface area contributed by atoms with Gasteiger partial charge in [0.1, 0.15) is 5.69 Å². The van der Waals surface area contributed by atoms with Crippen LogP contribution in [0.3, 0.4) is 0 Å². The standard InChI is InChI=1S/C14H15N3O/c1-15-11-8-9-13(16-10-11)14(18)17(2)12-6-4-3-5-7-12/h3-10,15H,1-2H3. The van der Waals surface area contributed by atoms with Crippen LogP contribution in [0.2, 0.25) is 0 Å². The van der Waals surface area contributed by atoms with Gasteiger partial charge in [-0.1, -0.05) is 18.2 Å². The molecule has 0 bridgehead atoms. The van der Waals surface area contributed by atoms with E-state index in [0.717, 1.165) is 11.4 Å². The molecule has 0 atom stereocenters. The summed E-state index contributed by atoms with van der Waals surface area (Å²) in [4.78, 5) is 17.9. The molecular formula is C14H15N3O. The highest BCUT2D eigenvalue weighted by atomic mass is 16.2. The van der Waals surface area contributed by atoms with E-state index in [0.29, 0.717) is 5.69 Å². The summed E-state index contributed by atoms with van der Waals surface area (Å²) in [6.45, 7) is 0. The normalized spacial score (nSPS) is 9.89. The molecule has 0 unspecified atom stereocenters. The highest BCUT2D eigenvalue weighted by molar-refractivity contribution is 6.04. The van der Waals surface area contributed by atoms with E-state index in [9.17, 15) is 4.79 Å². The number of rotatable bonds is 3. The van der Waals surface area contributed by atoms with E-state index in [1.165, 1.54) is 0 Å². The molecule has 92 valence electrons. The Kier molecular flexibility index (Phi) is 3.57. The zero-order valence-corrected chi connectivity index (χ0v) is 10.4. The van der Waals surface area contributed by atoms with Gasteiger partial charge in [-0.05, 0) is 24.3 Å². The van der Waals surface area contributed by atoms with Gasteiger partial charge in [0.15, 0.2) is 0 Å². The first kappa shape index (κ1) is 12.1. The van der Waals surface area contributed by atoms with Crippen molar-refractivity contribution in [3.05, 3.63) is 54.4 Å². The Morgan fingerprint density at radius 1 is 1.17 bits per heavy atom. The topological polar surface area (TPSA) is 45.2 Å². The Morgan fingerprint density at radius 3 is 2.44 bits per heavy atom. The third kappa shape index (κ3) is 2.48. The van der Waals surface area contributed by atoms with Crippen molar-refractivity contribution in [3.8, 4) is 0 Å². The summed E-state index contributed by atoms with van der Waals surface area (Å²) in [5, 5.41) is 2.97. The van der Waals surface area contributed by atoms with Gasteiger partial charge in [-0.15, -0.1) is 0 Å². The van der Waals surface area contributed by atoms with Crippen LogP contribution in [0.15, 0.2) is 48.7 Å². The lowest BCUT2D eigenvalue weighted by Gasteiger charge is -2.16. The molecule has 1 aromatic carbocycles.